The molecular formula is C46H58N4O10Si. The van der Waals surface area contributed by atoms with Crippen LogP contribution < -0.4 is 9.47 Å². The van der Waals surface area contributed by atoms with Crippen molar-refractivity contribution >= 4 is 19.9 Å². The van der Waals surface area contributed by atoms with E-state index in [4.69, 9.17) is 22.9 Å². The third kappa shape index (κ3) is 7.85. The summed E-state index contributed by atoms with van der Waals surface area (Å²) in [6, 6.07) is 18.4. The van der Waals surface area contributed by atoms with Crippen LogP contribution >= 0.6 is 0 Å². The quantitative estimate of drug-likeness (QED) is 0.117. The molecule has 0 bridgehead atoms. The molecule has 2 aromatic heterocycles. The SMILES string of the molecule is CN(C)[C@@H]1c2onc(OCc3ccccc3)c2C(=O)[C@@]2(O)[C@H](O)C=CC[C@@H]12.CN(C)[C@@H]1c2onc(OCc3ccccc3)c2C(=O)[C@@]2(O)[C@H](O[Si](C)(C)C(C)(C)C)C=CC[C@@H]12. The molecule has 0 aliphatic heterocycles. The van der Waals surface area contributed by atoms with E-state index in [1.165, 1.54) is 6.08 Å². The van der Waals surface area contributed by atoms with Crippen LogP contribution in [0.5, 0.6) is 11.8 Å². The Hall–Kier alpha value is -4.74. The first kappa shape index (κ1) is 44.3. The van der Waals surface area contributed by atoms with Gasteiger partial charge in [0, 0.05) is 11.8 Å². The van der Waals surface area contributed by atoms with Gasteiger partial charge in [-0.25, -0.2) is 0 Å². The summed E-state index contributed by atoms with van der Waals surface area (Å²) < 4.78 is 29.5. The monoisotopic (exact) mass is 854 g/mol. The number of aliphatic hydroxyl groups excluding tert-OH is 1. The van der Waals surface area contributed by atoms with Gasteiger partial charge in [0.1, 0.15) is 36.5 Å². The van der Waals surface area contributed by atoms with Gasteiger partial charge in [0.2, 0.25) is 11.6 Å². The van der Waals surface area contributed by atoms with Gasteiger partial charge >= 0.3 is 0 Å². The number of carbonyl (C=O) groups excluding carboxylic acids is 2. The summed E-state index contributed by atoms with van der Waals surface area (Å²) in [6.07, 6.45) is 6.03. The Morgan fingerprint density at radius 1 is 0.721 bits per heavy atom. The Kier molecular flexibility index (Phi) is 12.2. The van der Waals surface area contributed by atoms with Crippen molar-refractivity contribution < 1.29 is 47.9 Å². The lowest BCUT2D eigenvalue weighted by atomic mass is 9.64. The molecule has 4 aliphatic rings. The number of hydrogen-bond acceptors (Lipinski definition) is 14. The molecular weight excluding hydrogens is 797 g/mol. The van der Waals surface area contributed by atoms with Crippen LogP contribution in [-0.2, 0) is 17.6 Å². The zero-order valence-corrected chi connectivity index (χ0v) is 37.4. The Balaban J connectivity index is 0.000000189. The maximum atomic E-state index is 14.0. The standard InChI is InChI=1S/C26H36N2O5Si.C20H22N2O5/c1-25(2,3)34(6,7)33-19-15-11-14-18-21(28(4)5)22-20(23(29)26(18,19)30)24(27-32-22)31-16-17-12-9-8-10-13-17;1-22(2)16-13-9-6-10-14(23)20(13,25)18(24)15-17(16)27-21-19(15)26-11-12-7-4-3-5-8-12/h8-13,15,18-19,21,30H,14,16H2,1-7H3;3-8,10,13-14,16,23,25H,9,11H2,1-2H3/t18-,19+,21-,26-;13-,14+,16-,20-/m00/s1. The van der Waals surface area contributed by atoms with Crippen molar-refractivity contribution in [1.29, 1.82) is 0 Å². The number of hydrogen-bond donors (Lipinski definition) is 3. The van der Waals surface area contributed by atoms with Gasteiger partial charge in [-0.15, -0.1) is 0 Å². The number of nitrogens with zero attached hydrogens (tertiary/aromatic N) is 4. The van der Waals surface area contributed by atoms with Crippen LogP contribution in [0.25, 0.3) is 0 Å². The summed E-state index contributed by atoms with van der Waals surface area (Å²) in [5, 5.41) is 41.8. The van der Waals surface area contributed by atoms with Gasteiger partial charge < -0.3 is 38.3 Å². The molecule has 0 saturated heterocycles. The number of ketones is 2. The molecule has 8 rings (SSSR count). The van der Waals surface area contributed by atoms with Crippen LogP contribution in [0.3, 0.4) is 0 Å². The summed E-state index contributed by atoms with van der Waals surface area (Å²) >= 11 is 0. The van der Waals surface area contributed by atoms with E-state index in [-0.39, 0.29) is 47.2 Å². The van der Waals surface area contributed by atoms with Crippen LogP contribution in [0.4, 0.5) is 0 Å². The summed E-state index contributed by atoms with van der Waals surface area (Å²) in [7, 11) is 5.21. The van der Waals surface area contributed by atoms with E-state index in [0.717, 1.165) is 11.1 Å². The fourth-order valence-corrected chi connectivity index (χ4v) is 10.00. The number of allylic oxidation sites excluding steroid dienone is 2. The molecule has 15 heteroatoms. The predicted molar refractivity (Wildman–Crippen MR) is 229 cm³/mol. The smallest absolute Gasteiger partial charge is 0.265 e. The van der Waals surface area contributed by atoms with E-state index in [1.54, 1.807) is 6.08 Å². The number of benzene rings is 2. The molecule has 2 heterocycles. The van der Waals surface area contributed by atoms with Gasteiger partial charge in [0.25, 0.3) is 11.8 Å². The predicted octanol–water partition coefficient (Wildman–Crippen LogP) is 6.47. The fourth-order valence-electron chi connectivity index (χ4n) is 8.75. The molecule has 0 saturated carbocycles. The Morgan fingerprint density at radius 3 is 1.59 bits per heavy atom. The summed E-state index contributed by atoms with van der Waals surface area (Å²) in [6.45, 7) is 11.1. The van der Waals surface area contributed by atoms with Gasteiger partial charge in [0.15, 0.2) is 31.0 Å². The number of aliphatic hydroxyl groups is 3. The van der Waals surface area contributed by atoms with E-state index >= 15 is 0 Å². The van der Waals surface area contributed by atoms with Crippen molar-refractivity contribution in [1.82, 2.24) is 20.1 Å². The van der Waals surface area contributed by atoms with Gasteiger partial charge in [-0.2, -0.15) is 0 Å². The maximum Gasteiger partial charge on any atom is 0.265 e. The van der Waals surface area contributed by atoms with Crippen molar-refractivity contribution in [2.24, 2.45) is 11.8 Å². The van der Waals surface area contributed by atoms with Crippen molar-refractivity contribution in [3.8, 4) is 11.8 Å². The van der Waals surface area contributed by atoms with E-state index in [0.29, 0.717) is 24.4 Å². The molecule has 326 valence electrons. The lowest BCUT2D eigenvalue weighted by Gasteiger charge is -2.51. The van der Waals surface area contributed by atoms with Gasteiger partial charge in [-0.3, -0.25) is 19.4 Å². The molecule has 0 fully saturated rings. The van der Waals surface area contributed by atoms with Crippen LogP contribution in [0.2, 0.25) is 18.1 Å². The highest BCUT2D eigenvalue weighted by Crippen LogP contribution is 2.53. The zero-order valence-electron chi connectivity index (χ0n) is 36.4. The van der Waals surface area contributed by atoms with E-state index in [9.17, 15) is 24.9 Å². The molecule has 3 N–H and O–H groups in total. The second kappa shape index (κ2) is 16.8. The number of Topliss-reactive ketones (excluding diaryl/α,β-unsaturated/α-hetero) is 2. The number of rotatable bonds is 10. The van der Waals surface area contributed by atoms with E-state index in [1.807, 2.05) is 111 Å². The Labute approximate surface area is 357 Å². The molecule has 4 aromatic rings. The first-order valence-corrected chi connectivity index (χ1v) is 23.6. The highest BCUT2D eigenvalue weighted by molar-refractivity contribution is 6.74. The van der Waals surface area contributed by atoms with Crippen molar-refractivity contribution in [2.45, 2.75) is 100 Å². The molecule has 61 heavy (non-hydrogen) atoms. The highest BCUT2D eigenvalue weighted by atomic mass is 28.4. The molecule has 4 aliphatic carbocycles. The van der Waals surface area contributed by atoms with E-state index < -0.39 is 61.2 Å². The third-order valence-electron chi connectivity index (χ3n) is 13.1. The lowest BCUT2D eigenvalue weighted by molar-refractivity contribution is -0.0974. The van der Waals surface area contributed by atoms with Crippen molar-refractivity contribution in [2.75, 3.05) is 28.2 Å². The topological polar surface area (TPSA) is 181 Å². The summed E-state index contributed by atoms with van der Waals surface area (Å²) in [5.41, 5.74) is -1.50. The molecule has 0 unspecified atom stereocenters. The summed E-state index contributed by atoms with van der Waals surface area (Å²) in [5.74, 6) is -1.06. The van der Waals surface area contributed by atoms with Gasteiger partial charge in [-0.1, -0.05) is 106 Å². The normalized spacial score (nSPS) is 28.1. The fraction of sp³-hybridized carbons (Fsp3) is 0.478. The molecule has 8 atom stereocenters. The van der Waals surface area contributed by atoms with Crippen LogP contribution in [-0.4, -0.2) is 107 Å². The minimum atomic E-state index is -2.29. The number of ether oxygens (including phenoxy) is 2. The van der Waals surface area contributed by atoms with Crippen molar-refractivity contribution in [3.05, 3.63) is 119 Å². The first-order valence-electron chi connectivity index (χ1n) is 20.7. The first-order chi connectivity index (χ1) is 28.8. The minimum Gasteiger partial charge on any atom is -0.470 e. The van der Waals surface area contributed by atoms with Crippen LogP contribution in [0.1, 0.15) is 89.1 Å². The number of carbonyl (C=O) groups is 2. The number of aromatic nitrogens is 2. The van der Waals surface area contributed by atoms with Gasteiger partial charge in [0.05, 0.1) is 12.1 Å². The highest BCUT2D eigenvalue weighted by Gasteiger charge is 2.63. The van der Waals surface area contributed by atoms with Gasteiger partial charge in [-0.05, 0) is 80.6 Å². The average Bonchev–Trinajstić information content (AvgIpc) is 3.83. The molecule has 2 aromatic carbocycles. The lowest BCUT2D eigenvalue weighted by Crippen LogP contribution is -2.64. The second-order valence-corrected chi connectivity index (χ2v) is 23.2. The number of fused-ring (bicyclic) bond motifs is 4. The molecule has 14 nitrogen and oxygen atoms in total. The minimum absolute atomic E-state index is 0.0410. The second-order valence-electron chi connectivity index (χ2n) is 18.4. The van der Waals surface area contributed by atoms with E-state index in [2.05, 4.69) is 44.2 Å². The molecule has 0 radical (unpaired) electrons. The third-order valence-corrected chi connectivity index (χ3v) is 17.5. The zero-order chi connectivity index (χ0) is 44.1. The molecule has 0 amide bonds. The summed E-state index contributed by atoms with van der Waals surface area (Å²) in [4.78, 5) is 31.1. The van der Waals surface area contributed by atoms with Crippen molar-refractivity contribution in [3.63, 3.8) is 0 Å². The largest absolute Gasteiger partial charge is 0.470 e. The maximum absolute atomic E-state index is 14.0. The van der Waals surface area contributed by atoms with Crippen LogP contribution in [0.15, 0.2) is 94.0 Å². The Bertz CT molecular complexity index is 2270. The average molecular weight is 855 g/mol. The molecule has 0 spiro atoms. The van der Waals surface area contributed by atoms with Crippen LogP contribution in [0, 0.1) is 11.8 Å². The Morgan fingerprint density at radius 2 is 1.15 bits per heavy atom.